The van der Waals surface area contributed by atoms with Gasteiger partial charge in [-0.1, -0.05) is 37.3 Å². The number of carbonyl (C=O) groups is 2. The number of nitrogens with one attached hydrogen (secondary N) is 1. The molecule has 0 saturated carbocycles. The van der Waals surface area contributed by atoms with Crippen molar-refractivity contribution in [2.24, 2.45) is 5.92 Å². The fourth-order valence-corrected chi connectivity index (χ4v) is 3.81. The predicted molar refractivity (Wildman–Crippen MR) is 99.8 cm³/mol. The number of piperidine rings is 1. The molecule has 0 aliphatic carbocycles. The van der Waals surface area contributed by atoms with Gasteiger partial charge in [-0.05, 0) is 31.7 Å². The number of benzene rings is 1. The lowest BCUT2D eigenvalue weighted by atomic mass is 9.95. The van der Waals surface area contributed by atoms with Crippen LogP contribution in [0.4, 0.5) is 0 Å². The van der Waals surface area contributed by atoms with Gasteiger partial charge in [0.05, 0.1) is 5.25 Å². The summed E-state index contributed by atoms with van der Waals surface area (Å²) in [6.07, 6.45) is 2.51. The summed E-state index contributed by atoms with van der Waals surface area (Å²) < 4.78 is 0. The first kappa shape index (κ1) is 18.8. The van der Waals surface area contributed by atoms with Crippen LogP contribution in [0.3, 0.4) is 0 Å². The monoisotopic (exact) mass is 348 g/mol. The van der Waals surface area contributed by atoms with Crippen LogP contribution >= 0.6 is 11.8 Å². The van der Waals surface area contributed by atoms with Crippen molar-refractivity contribution in [3.05, 3.63) is 35.9 Å². The van der Waals surface area contributed by atoms with Crippen LogP contribution in [-0.4, -0.2) is 41.6 Å². The van der Waals surface area contributed by atoms with E-state index in [1.54, 1.807) is 11.8 Å². The standard InChI is InChI=1S/C19H28N2O2S/c1-3-11-20-18(22)17-9-12-21(13-10-17)19(23)15(2)24-14-16-7-5-4-6-8-16/h4-8,15,17H,3,9-14H2,1-2H3,(H,20,22)/t15-/m0/s1. The van der Waals surface area contributed by atoms with E-state index in [0.29, 0.717) is 13.1 Å². The van der Waals surface area contributed by atoms with Gasteiger partial charge in [-0.15, -0.1) is 11.8 Å². The van der Waals surface area contributed by atoms with Crippen molar-refractivity contribution in [2.75, 3.05) is 19.6 Å². The molecule has 132 valence electrons. The topological polar surface area (TPSA) is 49.4 Å². The molecular formula is C19H28N2O2S. The summed E-state index contributed by atoms with van der Waals surface area (Å²) in [6.45, 7) is 6.16. The lowest BCUT2D eigenvalue weighted by Crippen LogP contribution is -2.45. The number of thioether (sulfide) groups is 1. The van der Waals surface area contributed by atoms with E-state index in [2.05, 4.69) is 24.4 Å². The van der Waals surface area contributed by atoms with Gasteiger partial charge in [-0.2, -0.15) is 0 Å². The maximum Gasteiger partial charge on any atom is 0.235 e. The summed E-state index contributed by atoms with van der Waals surface area (Å²) >= 11 is 1.68. The Labute approximate surface area is 149 Å². The molecule has 1 aromatic carbocycles. The van der Waals surface area contributed by atoms with Crippen molar-refractivity contribution in [1.82, 2.24) is 10.2 Å². The van der Waals surface area contributed by atoms with Crippen LogP contribution in [0, 0.1) is 5.92 Å². The lowest BCUT2D eigenvalue weighted by molar-refractivity contribution is -0.134. The van der Waals surface area contributed by atoms with Crippen molar-refractivity contribution in [2.45, 2.75) is 44.1 Å². The number of likely N-dealkylation sites (tertiary alicyclic amines) is 1. The molecule has 0 spiro atoms. The highest BCUT2D eigenvalue weighted by Gasteiger charge is 2.29. The first-order valence-corrected chi connectivity index (χ1v) is 9.88. The number of hydrogen-bond acceptors (Lipinski definition) is 3. The molecule has 0 aromatic heterocycles. The SMILES string of the molecule is CCCNC(=O)C1CCN(C(=O)[C@H](C)SCc2ccccc2)CC1. The van der Waals surface area contributed by atoms with Crippen LogP contribution in [0.1, 0.15) is 38.7 Å². The third-order valence-corrected chi connectivity index (χ3v) is 5.62. The summed E-state index contributed by atoms with van der Waals surface area (Å²) in [6, 6.07) is 10.2. The highest BCUT2D eigenvalue weighted by Crippen LogP contribution is 2.23. The third kappa shape index (κ3) is 5.55. The van der Waals surface area contributed by atoms with Crippen LogP contribution in [-0.2, 0) is 15.3 Å². The molecule has 0 unspecified atom stereocenters. The second kappa shape index (κ2) is 9.72. The molecule has 24 heavy (non-hydrogen) atoms. The average molecular weight is 349 g/mol. The van der Waals surface area contributed by atoms with Gasteiger partial charge in [0, 0.05) is 31.3 Å². The molecule has 1 fully saturated rings. The molecule has 2 rings (SSSR count). The molecule has 0 radical (unpaired) electrons. The zero-order chi connectivity index (χ0) is 17.4. The van der Waals surface area contributed by atoms with E-state index < -0.39 is 0 Å². The maximum absolute atomic E-state index is 12.6. The maximum atomic E-state index is 12.6. The van der Waals surface area contributed by atoms with Crippen LogP contribution in [0.15, 0.2) is 30.3 Å². The molecule has 1 atom stereocenters. The van der Waals surface area contributed by atoms with Gasteiger partial charge in [0.15, 0.2) is 0 Å². The summed E-state index contributed by atoms with van der Waals surface area (Å²) in [7, 11) is 0. The van der Waals surface area contributed by atoms with Gasteiger partial charge in [0.2, 0.25) is 11.8 Å². The molecular weight excluding hydrogens is 320 g/mol. The summed E-state index contributed by atoms with van der Waals surface area (Å²) in [5, 5.41) is 2.92. The molecule has 2 amide bonds. The van der Waals surface area contributed by atoms with E-state index in [9.17, 15) is 9.59 Å². The fourth-order valence-electron chi connectivity index (χ4n) is 2.88. The van der Waals surface area contributed by atoms with E-state index >= 15 is 0 Å². The minimum absolute atomic E-state index is 0.0457. The van der Waals surface area contributed by atoms with E-state index in [-0.39, 0.29) is 23.0 Å². The van der Waals surface area contributed by atoms with E-state index in [4.69, 9.17) is 0 Å². The number of hydrogen-bond donors (Lipinski definition) is 1. The van der Waals surface area contributed by atoms with Crippen LogP contribution < -0.4 is 5.32 Å². The smallest absolute Gasteiger partial charge is 0.235 e. The normalized spacial score (nSPS) is 16.7. The quantitative estimate of drug-likeness (QED) is 0.824. The molecule has 1 N–H and O–H groups in total. The second-order valence-electron chi connectivity index (χ2n) is 6.33. The third-order valence-electron chi connectivity index (χ3n) is 4.42. The van der Waals surface area contributed by atoms with Gasteiger partial charge in [0.1, 0.15) is 0 Å². The first-order chi connectivity index (χ1) is 11.6. The number of rotatable bonds is 7. The minimum Gasteiger partial charge on any atom is -0.356 e. The van der Waals surface area contributed by atoms with Gasteiger partial charge in [-0.3, -0.25) is 9.59 Å². The summed E-state index contributed by atoms with van der Waals surface area (Å²) in [5.74, 6) is 1.26. The van der Waals surface area contributed by atoms with Crippen molar-refractivity contribution in [3.8, 4) is 0 Å². The summed E-state index contributed by atoms with van der Waals surface area (Å²) in [5.41, 5.74) is 1.24. The van der Waals surface area contributed by atoms with Gasteiger partial charge >= 0.3 is 0 Å². The van der Waals surface area contributed by atoms with Crippen molar-refractivity contribution >= 4 is 23.6 Å². The van der Waals surface area contributed by atoms with E-state index in [1.165, 1.54) is 5.56 Å². The average Bonchev–Trinajstić information content (AvgIpc) is 2.64. The Morgan fingerprint density at radius 2 is 1.92 bits per heavy atom. The Hall–Kier alpha value is -1.49. The molecule has 0 bridgehead atoms. The molecule has 5 heteroatoms. The fraction of sp³-hybridized carbons (Fsp3) is 0.579. The lowest BCUT2D eigenvalue weighted by Gasteiger charge is -2.33. The number of nitrogens with zero attached hydrogens (tertiary/aromatic N) is 1. The zero-order valence-corrected chi connectivity index (χ0v) is 15.5. The van der Waals surface area contributed by atoms with Gasteiger partial charge in [0.25, 0.3) is 0 Å². The largest absolute Gasteiger partial charge is 0.356 e. The highest BCUT2D eigenvalue weighted by atomic mass is 32.2. The molecule has 4 nitrogen and oxygen atoms in total. The summed E-state index contributed by atoms with van der Waals surface area (Å²) in [4.78, 5) is 26.5. The number of carbonyl (C=O) groups excluding carboxylic acids is 2. The van der Waals surface area contributed by atoms with Gasteiger partial charge in [-0.25, -0.2) is 0 Å². The van der Waals surface area contributed by atoms with Crippen molar-refractivity contribution < 1.29 is 9.59 Å². The Morgan fingerprint density at radius 1 is 1.25 bits per heavy atom. The van der Waals surface area contributed by atoms with Crippen LogP contribution in [0.5, 0.6) is 0 Å². The van der Waals surface area contributed by atoms with Gasteiger partial charge < -0.3 is 10.2 Å². The Kier molecular flexibility index (Phi) is 7.63. The Bertz CT molecular complexity index is 527. The highest BCUT2D eigenvalue weighted by molar-refractivity contribution is 7.99. The van der Waals surface area contributed by atoms with Crippen LogP contribution in [0.2, 0.25) is 0 Å². The second-order valence-corrected chi connectivity index (χ2v) is 7.66. The first-order valence-electron chi connectivity index (χ1n) is 8.83. The Morgan fingerprint density at radius 3 is 2.54 bits per heavy atom. The molecule has 1 heterocycles. The van der Waals surface area contributed by atoms with Crippen molar-refractivity contribution in [1.29, 1.82) is 0 Å². The molecule has 1 aliphatic heterocycles. The molecule has 1 aliphatic rings. The van der Waals surface area contributed by atoms with E-state index in [1.807, 2.05) is 30.0 Å². The zero-order valence-electron chi connectivity index (χ0n) is 14.7. The minimum atomic E-state index is -0.0457. The molecule has 1 aromatic rings. The van der Waals surface area contributed by atoms with Crippen molar-refractivity contribution in [3.63, 3.8) is 0 Å². The Balaban J connectivity index is 1.74. The molecule has 1 saturated heterocycles. The predicted octanol–water partition coefficient (Wildman–Crippen LogP) is 3.07. The van der Waals surface area contributed by atoms with Crippen LogP contribution in [0.25, 0.3) is 0 Å². The van der Waals surface area contributed by atoms with E-state index in [0.717, 1.165) is 31.6 Å². The number of amides is 2.